The molecule has 2 rings (SSSR count). The van der Waals surface area contributed by atoms with Gasteiger partial charge in [0.1, 0.15) is 0 Å². The number of halogens is 1. The lowest BCUT2D eigenvalue weighted by Crippen LogP contribution is -2.13. The fraction of sp³-hybridized carbons (Fsp3) is 1.00. The average Bonchev–Trinajstić information content (AvgIpc) is 2.35. The van der Waals surface area contributed by atoms with E-state index in [0.717, 1.165) is 13.2 Å². The van der Waals surface area contributed by atoms with Crippen molar-refractivity contribution >= 4 is 22.6 Å². The number of rotatable bonds is 0. The van der Waals surface area contributed by atoms with E-state index in [9.17, 15) is 0 Å². The molecule has 0 aromatic rings. The number of hydrogen-bond donors (Lipinski definition) is 0. The maximum atomic E-state index is 5.36. The van der Waals surface area contributed by atoms with E-state index in [1.54, 1.807) is 0 Å². The molecule has 0 aromatic heterocycles. The third kappa shape index (κ3) is 0.991. The molecule has 52 valence electrons. The highest BCUT2D eigenvalue weighted by Gasteiger charge is 2.39. The van der Waals surface area contributed by atoms with Crippen LogP contribution in [0.15, 0.2) is 0 Å². The predicted octanol–water partition coefficient (Wildman–Crippen LogP) is 1.18. The normalized spacial score (nSPS) is 49.7. The minimum absolute atomic E-state index is 0.145. The zero-order valence-corrected chi connectivity index (χ0v) is 7.21. The fourth-order valence-corrected chi connectivity index (χ4v) is 2.32. The molecule has 2 aliphatic heterocycles. The maximum Gasteiger partial charge on any atom is 0.161 e. The van der Waals surface area contributed by atoms with Gasteiger partial charge in [0.25, 0.3) is 0 Å². The SMILES string of the molecule is IC1CO[C@H]2OCC[C@@H]12. The zero-order valence-electron chi connectivity index (χ0n) is 5.05. The van der Waals surface area contributed by atoms with Crippen molar-refractivity contribution in [3.63, 3.8) is 0 Å². The van der Waals surface area contributed by atoms with E-state index < -0.39 is 0 Å². The van der Waals surface area contributed by atoms with Crippen molar-refractivity contribution in [1.82, 2.24) is 0 Å². The summed E-state index contributed by atoms with van der Waals surface area (Å²) in [5, 5.41) is 0. The first-order valence-electron chi connectivity index (χ1n) is 3.25. The van der Waals surface area contributed by atoms with Crippen LogP contribution < -0.4 is 0 Å². The Balaban J connectivity index is 2.07. The van der Waals surface area contributed by atoms with Gasteiger partial charge in [0.05, 0.1) is 13.2 Å². The van der Waals surface area contributed by atoms with Crippen LogP contribution in [-0.4, -0.2) is 23.4 Å². The van der Waals surface area contributed by atoms with Crippen LogP contribution in [0.2, 0.25) is 0 Å². The summed E-state index contributed by atoms with van der Waals surface area (Å²) in [6, 6.07) is 0. The summed E-state index contributed by atoms with van der Waals surface area (Å²) < 4.78 is 11.4. The molecule has 3 atom stereocenters. The van der Waals surface area contributed by atoms with Crippen molar-refractivity contribution < 1.29 is 9.47 Å². The summed E-state index contributed by atoms with van der Waals surface area (Å²) in [5.41, 5.74) is 0. The first-order chi connectivity index (χ1) is 4.38. The molecule has 0 aliphatic carbocycles. The van der Waals surface area contributed by atoms with Crippen molar-refractivity contribution in [2.45, 2.75) is 16.6 Å². The Morgan fingerprint density at radius 2 is 2.22 bits per heavy atom. The molecule has 3 heteroatoms. The van der Waals surface area contributed by atoms with Crippen molar-refractivity contribution in [2.24, 2.45) is 5.92 Å². The van der Waals surface area contributed by atoms with Gasteiger partial charge in [-0.3, -0.25) is 0 Å². The van der Waals surface area contributed by atoms with Gasteiger partial charge in [0, 0.05) is 9.84 Å². The highest BCUT2D eigenvalue weighted by Crippen LogP contribution is 2.35. The minimum Gasteiger partial charge on any atom is -0.352 e. The second kappa shape index (κ2) is 2.36. The molecule has 2 aliphatic rings. The lowest BCUT2D eigenvalue weighted by Gasteiger charge is -2.06. The van der Waals surface area contributed by atoms with Crippen LogP contribution in [0.5, 0.6) is 0 Å². The number of alkyl halides is 1. The number of ether oxygens (including phenoxy) is 2. The quantitative estimate of drug-likeness (QED) is 0.467. The highest BCUT2D eigenvalue weighted by atomic mass is 127. The van der Waals surface area contributed by atoms with Crippen LogP contribution in [0.3, 0.4) is 0 Å². The molecular formula is C6H9IO2. The van der Waals surface area contributed by atoms with E-state index in [-0.39, 0.29) is 6.29 Å². The zero-order chi connectivity index (χ0) is 6.27. The standard InChI is InChI=1S/C6H9IO2/c7-5-3-9-6-4(5)1-2-8-6/h4-6H,1-3H2/t4-,5?,6+/m0/s1. The lowest BCUT2D eigenvalue weighted by molar-refractivity contribution is -0.0904. The Morgan fingerprint density at radius 1 is 1.33 bits per heavy atom. The Bertz CT molecular complexity index is 118. The van der Waals surface area contributed by atoms with Crippen LogP contribution in [0.25, 0.3) is 0 Å². The van der Waals surface area contributed by atoms with Gasteiger partial charge < -0.3 is 9.47 Å². The Hall–Kier alpha value is 0.650. The summed E-state index contributed by atoms with van der Waals surface area (Å²) in [6.07, 6.45) is 1.34. The van der Waals surface area contributed by atoms with Gasteiger partial charge in [-0.2, -0.15) is 0 Å². The van der Waals surface area contributed by atoms with E-state index >= 15 is 0 Å². The number of fused-ring (bicyclic) bond motifs is 1. The van der Waals surface area contributed by atoms with Crippen molar-refractivity contribution in [3.05, 3.63) is 0 Å². The smallest absolute Gasteiger partial charge is 0.161 e. The van der Waals surface area contributed by atoms with Crippen LogP contribution >= 0.6 is 22.6 Å². The minimum atomic E-state index is 0.145. The van der Waals surface area contributed by atoms with Crippen LogP contribution in [-0.2, 0) is 9.47 Å². The van der Waals surface area contributed by atoms with E-state index in [1.165, 1.54) is 6.42 Å². The molecule has 2 saturated heterocycles. The topological polar surface area (TPSA) is 18.5 Å². The molecule has 9 heavy (non-hydrogen) atoms. The average molecular weight is 240 g/mol. The van der Waals surface area contributed by atoms with Gasteiger partial charge in [-0.25, -0.2) is 0 Å². The molecular weight excluding hydrogens is 231 g/mol. The molecule has 0 N–H and O–H groups in total. The first-order valence-corrected chi connectivity index (χ1v) is 4.50. The van der Waals surface area contributed by atoms with E-state index in [0.29, 0.717) is 9.84 Å². The van der Waals surface area contributed by atoms with Gasteiger partial charge in [-0.05, 0) is 6.42 Å². The second-order valence-electron chi connectivity index (χ2n) is 2.54. The number of hydrogen-bond acceptors (Lipinski definition) is 2. The molecule has 0 radical (unpaired) electrons. The predicted molar refractivity (Wildman–Crippen MR) is 41.6 cm³/mol. The third-order valence-electron chi connectivity index (χ3n) is 1.97. The summed E-state index contributed by atoms with van der Waals surface area (Å²) in [4.78, 5) is 0. The largest absolute Gasteiger partial charge is 0.352 e. The summed E-state index contributed by atoms with van der Waals surface area (Å²) >= 11 is 2.44. The Morgan fingerprint density at radius 3 is 3.00 bits per heavy atom. The Kier molecular flexibility index (Phi) is 1.67. The molecule has 2 heterocycles. The van der Waals surface area contributed by atoms with E-state index in [1.807, 2.05) is 0 Å². The molecule has 2 fully saturated rings. The highest BCUT2D eigenvalue weighted by molar-refractivity contribution is 14.1. The van der Waals surface area contributed by atoms with Crippen LogP contribution in [0, 0.1) is 5.92 Å². The lowest BCUT2D eigenvalue weighted by atomic mass is 10.1. The van der Waals surface area contributed by atoms with Gasteiger partial charge in [0.2, 0.25) is 0 Å². The molecule has 1 unspecified atom stereocenters. The summed E-state index contributed by atoms with van der Waals surface area (Å²) in [5.74, 6) is 0.686. The summed E-state index contributed by atoms with van der Waals surface area (Å²) in [7, 11) is 0. The van der Waals surface area contributed by atoms with Crippen molar-refractivity contribution in [1.29, 1.82) is 0 Å². The molecule has 0 aromatic carbocycles. The van der Waals surface area contributed by atoms with Crippen molar-refractivity contribution in [2.75, 3.05) is 13.2 Å². The van der Waals surface area contributed by atoms with E-state index in [4.69, 9.17) is 9.47 Å². The van der Waals surface area contributed by atoms with Crippen molar-refractivity contribution in [3.8, 4) is 0 Å². The summed E-state index contributed by atoms with van der Waals surface area (Å²) in [6.45, 7) is 1.78. The third-order valence-corrected chi connectivity index (χ3v) is 3.25. The van der Waals surface area contributed by atoms with Gasteiger partial charge in [0.15, 0.2) is 6.29 Å². The molecule has 0 spiro atoms. The maximum absolute atomic E-state index is 5.36. The molecule has 0 saturated carbocycles. The van der Waals surface area contributed by atoms with Crippen LogP contribution in [0.1, 0.15) is 6.42 Å². The molecule has 0 bridgehead atoms. The van der Waals surface area contributed by atoms with E-state index in [2.05, 4.69) is 22.6 Å². The van der Waals surface area contributed by atoms with Crippen LogP contribution in [0.4, 0.5) is 0 Å². The first kappa shape index (κ1) is 6.37. The fourth-order valence-electron chi connectivity index (χ4n) is 1.41. The second-order valence-corrected chi connectivity index (χ2v) is 4.14. The molecule has 0 amide bonds. The van der Waals surface area contributed by atoms with Gasteiger partial charge in [-0.15, -0.1) is 0 Å². The molecule has 2 nitrogen and oxygen atoms in total. The Labute approximate surface area is 68.0 Å². The van der Waals surface area contributed by atoms with Gasteiger partial charge >= 0.3 is 0 Å². The monoisotopic (exact) mass is 240 g/mol. The van der Waals surface area contributed by atoms with Gasteiger partial charge in [-0.1, -0.05) is 22.6 Å².